The number of nitro benzene ring substituents is 1. The van der Waals surface area contributed by atoms with E-state index in [0.717, 1.165) is 5.56 Å². The lowest BCUT2D eigenvalue weighted by atomic mass is 10.1. The molecule has 0 aliphatic heterocycles. The molecule has 20 heavy (non-hydrogen) atoms. The highest BCUT2D eigenvalue weighted by atomic mass is 35.5. The van der Waals surface area contributed by atoms with Crippen molar-refractivity contribution in [2.75, 3.05) is 0 Å². The summed E-state index contributed by atoms with van der Waals surface area (Å²) in [5.74, 6) is 0.524. The summed E-state index contributed by atoms with van der Waals surface area (Å²) < 4.78 is 5.50. The first kappa shape index (κ1) is 13.8. The van der Waals surface area contributed by atoms with Crippen LogP contribution < -0.4 is 4.74 Å². The number of benzene rings is 2. The summed E-state index contributed by atoms with van der Waals surface area (Å²) in [6, 6.07) is 11.1. The number of rotatable bonds is 3. The van der Waals surface area contributed by atoms with Crippen molar-refractivity contribution in [2.45, 2.75) is 6.92 Å². The average Bonchev–Trinajstić information content (AvgIpc) is 2.41. The van der Waals surface area contributed by atoms with Crippen LogP contribution in [0.2, 0.25) is 5.02 Å². The Morgan fingerprint density at radius 1 is 1.30 bits per heavy atom. The van der Waals surface area contributed by atoms with Gasteiger partial charge in [-0.15, -0.1) is 0 Å². The van der Waals surface area contributed by atoms with Gasteiger partial charge in [0.05, 0.1) is 16.6 Å². The maximum atomic E-state index is 11.0. The van der Waals surface area contributed by atoms with Crippen LogP contribution >= 0.6 is 11.6 Å². The topological polar surface area (TPSA) is 76.2 Å². The predicted octanol–water partition coefficient (Wildman–Crippen LogP) is 4.22. The number of nitro groups is 1. The van der Waals surface area contributed by atoms with Crippen molar-refractivity contribution in [1.82, 2.24) is 0 Å². The standard InChI is InChI=1S/C14H9ClN2O3/c1-9-6-12(4-2-10(9)8-16)20-14-5-3-11(15)7-13(14)17(18)19/h2-7H,1H3. The molecular formula is C14H9ClN2O3. The predicted molar refractivity (Wildman–Crippen MR) is 74.1 cm³/mol. The molecule has 2 aromatic carbocycles. The number of halogens is 1. The van der Waals surface area contributed by atoms with E-state index in [-0.39, 0.29) is 16.5 Å². The van der Waals surface area contributed by atoms with Crippen LogP contribution in [0.15, 0.2) is 36.4 Å². The number of ether oxygens (including phenoxy) is 1. The van der Waals surface area contributed by atoms with E-state index in [1.807, 2.05) is 6.07 Å². The molecule has 2 rings (SSSR count). The van der Waals surface area contributed by atoms with Gasteiger partial charge in [0.2, 0.25) is 5.75 Å². The van der Waals surface area contributed by atoms with Gasteiger partial charge in [-0.25, -0.2) is 0 Å². The van der Waals surface area contributed by atoms with E-state index >= 15 is 0 Å². The zero-order valence-electron chi connectivity index (χ0n) is 10.5. The lowest BCUT2D eigenvalue weighted by molar-refractivity contribution is -0.385. The van der Waals surface area contributed by atoms with Gasteiger partial charge >= 0.3 is 5.69 Å². The Morgan fingerprint density at radius 3 is 2.65 bits per heavy atom. The second-order valence-corrected chi connectivity index (χ2v) is 4.50. The van der Waals surface area contributed by atoms with Crippen molar-refractivity contribution in [3.05, 3.63) is 62.7 Å². The summed E-state index contributed by atoms with van der Waals surface area (Å²) in [4.78, 5) is 10.4. The third-order valence-electron chi connectivity index (χ3n) is 2.66. The van der Waals surface area contributed by atoms with Crippen LogP contribution in [-0.2, 0) is 0 Å². The Balaban J connectivity index is 2.38. The van der Waals surface area contributed by atoms with Gasteiger partial charge in [0.1, 0.15) is 5.75 Å². The summed E-state index contributed by atoms with van der Waals surface area (Å²) >= 11 is 5.73. The normalized spacial score (nSPS) is 9.85. The molecule has 0 aromatic heterocycles. The van der Waals surface area contributed by atoms with E-state index in [9.17, 15) is 10.1 Å². The number of hydrogen-bond donors (Lipinski definition) is 0. The first-order valence-electron chi connectivity index (χ1n) is 5.64. The van der Waals surface area contributed by atoms with Crippen LogP contribution in [0, 0.1) is 28.4 Å². The van der Waals surface area contributed by atoms with Gasteiger partial charge in [-0.1, -0.05) is 11.6 Å². The van der Waals surface area contributed by atoms with E-state index in [1.165, 1.54) is 18.2 Å². The van der Waals surface area contributed by atoms with Crippen molar-refractivity contribution in [1.29, 1.82) is 5.26 Å². The Bertz CT molecular complexity index is 723. The summed E-state index contributed by atoms with van der Waals surface area (Å²) in [5.41, 5.74) is 1.06. The zero-order chi connectivity index (χ0) is 14.7. The Hall–Kier alpha value is -2.58. The molecule has 0 atom stereocenters. The summed E-state index contributed by atoms with van der Waals surface area (Å²) in [6.07, 6.45) is 0. The molecule has 0 aliphatic rings. The Kier molecular flexibility index (Phi) is 3.87. The van der Waals surface area contributed by atoms with E-state index in [2.05, 4.69) is 0 Å². The molecule has 0 amide bonds. The van der Waals surface area contributed by atoms with E-state index in [1.54, 1.807) is 25.1 Å². The molecule has 0 radical (unpaired) electrons. The van der Waals surface area contributed by atoms with Crippen molar-refractivity contribution in [3.63, 3.8) is 0 Å². The van der Waals surface area contributed by atoms with Crippen molar-refractivity contribution in [3.8, 4) is 17.6 Å². The average molecular weight is 289 g/mol. The van der Waals surface area contributed by atoms with Crippen molar-refractivity contribution < 1.29 is 9.66 Å². The summed E-state index contributed by atoms with van der Waals surface area (Å²) in [6.45, 7) is 1.77. The van der Waals surface area contributed by atoms with Crippen molar-refractivity contribution in [2.24, 2.45) is 0 Å². The second-order valence-electron chi connectivity index (χ2n) is 4.06. The molecule has 0 unspecified atom stereocenters. The van der Waals surface area contributed by atoms with E-state index in [4.69, 9.17) is 21.6 Å². The van der Waals surface area contributed by atoms with Gasteiger partial charge in [0, 0.05) is 11.1 Å². The quantitative estimate of drug-likeness (QED) is 0.626. The minimum Gasteiger partial charge on any atom is -0.450 e. The van der Waals surface area contributed by atoms with Crippen LogP contribution in [0.1, 0.15) is 11.1 Å². The van der Waals surface area contributed by atoms with Crippen LogP contribution in [0.4, 0.5) is 5.69 Å². The first-order valence-corrected chi connectivity index (χ1v) is 6.01. The molecule has 6 heteroatoms. The number of nitrogens with zero attached hydrogens (tertiary/aromatic N) is 2. The van der Waals surface area contributed by atoms with Gasteiger partial charge in [-0.3, -0.25) is 10.1 Å². The molecule has 0 saturated heterocycles. The lowest BCUT2D eigenvalue weighted by Gasteiger charge is -2.07. The van der Waals surface area contributed by atoms with Crippen LogP contribution in [0.5, 0.6) is 11.5 Å². The third kappa shape index (κ3) is 2.87. The van der Waals surface area contributed by atoms with E-state index in [0.29, 0.717) is 11.3 Å². The first-order chi connectivity index (χ1) is 9.51. The number of hydrogen-bond acceptors (Lipinski definition) is 4. The Morgan fingerprint density at radius 2 is 2.05 bits per heavy atom. The zero-order valence-corrected chi connectivity index (χ0v) is 11.2. The molecule has 100 valence electrons. The largest absolute Gasteiger partial charge is 0.450 e. The fourth-order valence-corrected chi connectivity index (χ4v) is 1.84. The van der Waals surface area contributed by atoms with Crippen molar-refractivity contribution >= 4 is 17.3 Å². The molecule has 0 spiro atoms. The summed E-state index contributed by atoms with van der Waals surface area (Å²) in [7, 11) is 0. The Labute approximate surface area is 120 Å². The number of aryl methyl sites for hydroxylation is 1. The molecule has 5 nitrogen and oxygen atoms in total. The molecule has 0 saturated carbocycles. The minimum atomic E-state index is -0.558. The molecule has 0 aliphatic carbocycles. The van der Waals surface area contributed by atoms with Gasteiger partial charge in [0.15, 0.2) is 0 Å². The second kappa shape index (κ2) is 5.59. The molecule has 2 aromatic rings. The fourth-order valence-electron chi connectivity index (χ4n) is 1.67. The summed E-state index contributed by atoms with van der Waals surface area (Å²) in [5, 5.41) is 20.1. The smallest absolute Gasteiger partial charge is 0.313 e. The highest BCUT2D eigenvalue weighted by Gasteiger charge is 2.16. The molecule has 0 fully saturated rings. The maximum absolute atomic E-state index is 11.0. The van der Waals surface area contributed by atoms with Gasteiger partial charge < -0.3 is 4.74 Å². The van der Waals surface area contributed by atoms with Crippen LogP contribution in [-0.4, -0.2) is 4.92 Å². The van der Waals surface area contributed by atoms with Gasteiger partial charge in [-0.2, -0.15) is 5.26 Å². The fraction of sp³-hybridized carbons (Fsp3) is 0.0714. The number of nitriles is 1. The van der Waals surface area contributed by atoms with Gasteiger partial charge in [0.25, 0.3) is 0 Å². The van der Waals surface area contributed by atoms with Crippen LogP contribution in [0.25, 0.3) is 0 Å². The lowest BCUT2D eigenvalue weighted by Crippen LogP contribution is -1.94. The van der Waals surface area contributed by atoms with Crippen LogP contribution in [0.3, 0.4) is 0 Å². The SMILES string of the molecule is Cc1cc(Oc2ccc(Cl)cc2[N+](=O)[O-])ccc1C#N. The highest BCUT2D eigenvalue weighted by Crippen LogP contribution is 2.33. The maximum Gasteiger partial charge on any atom is 0.313 e. The van der Waals surface area contributed by atoms with Gasteiger partial charge in [-0.05, 0) is 42.8 Å². The molecule has 0 bridgehead atoms. The van der Waals surface area contributed by atoms with E-state index < -0.39 is 4.92 Å². The third-order valence-corrected chi connectivity index (χ3v) is 2.90. The highest BCUT2D eigenvalue weighted by molar-refractivity contribution is 6.30. The minimum absolute atomic E-state index is 0.100. The molecule has 0 N–H and O–H groups in total. The molecular weight excluding hydrogens is 280 g/mol. The molecule has 0 heterocycles. The monoisotopic (exact) mass is 288 g/mol.